The van der Waals surface area contributed by atoms with Crippen molar-refractivity contribution in [3.05, 3.63) is 52.4 Å². The maximum Gasteiger partial charge on any atom is 0.414 e. The first-order valence-electron chi connectivity index (χ1n) is 7.01. The van der Waals surface area contributed by atoms with Crippen molar-refractivity contribution in [3.63, 3.8) is 0 Å². The largest absolute Gasteiger partial charge is 0.444 e. The highest BCUT2D eigenvalue weighted by Gasteiger charge is 2.32. The Kier molecular flexibility index (Phi) is 4.54. The topological polar surface area (TPSA) is 96.1 Å². The van der Waals surface area contributed by atoms with E-state index in [9.17, 15) is 9.18 Å². The fraction of sp³-hybridized carbons (Fsp3) is 0.286. The molecular weight excluding hydrogens is 339 g/mol. The number of anilines is 1. The normalized spacial score (nSPS) is 16.8. The number of halogens is 2. The summed E-state index contributed by atoms with van der Waals surface area (Å²) in [5, 5.41) is 7.42. The lowest BCUT2D eigenvalue weighted by Gasteiger charge is -2.14. The number of azide groups is 1. The number of cyclic esters (lactones) is 1. The average molecular weight is 351 g/mol. The minimum atomic E-state index is -0.608. The minimum absolute atomic E-state index is 0.0355. The Morgan fingerprint density at radius 3 is 3.04 bits per heavy atom. The molecule has 1 aromatic heterocycles. The van der Waals surface area contributed by atoms with Crippen LogP contribution in [0.25, 0.3) is 16.1 Å². The highest BCUT2D eigenvalue weighted by atomic mass is 35.5. The van der Waals surface area contributed by atoms with Gasteiger partial charge in [0.05, 0.1) is 30.9 Å². The molecule has 8 nitrogen and oxygen atoms in total. The van der Waals surface area contributed by atoms with Crippen molar-refractivity contribution in [2.75, 3.05) is 18.0 Å². The van der Waals surface area contributed by atoms with E-state index in [1.807, 2.05) is 0 Å². The van der Waals surface area contributed by atoms with Gasteiger partial charge in [0.15, 0.2) is 5.82 Å². The van der Waals surface area contributed by atoms with E-state index < -0.39 is 18.0 Å². The molecule has 0 aliphatic carbocycles. The molecule has 1 aliphatic rings. The van der Waals surface area contributed by atoms with E-state index in [-0.39, 0.29) is 24.7 Å². The Morgan fingerprint density at radius 1 is 1.54 bits per heavy atom. The molecule has 0 bridgehead atoms. The zero-order chi connectivity index (χ0) is 17.1. The predicted molar refractivity (Wildman–Crippen MR) is 84.7 cm³/mol. The van der Waals surface area contributed by atoms with Crippen molar-refractivity contribution in [1.82, 2.24) is 9.78 Å². The molecule has 0 spiro atoms. The van der Waals surface area contributed by atoms with Crippen LogP contribution in [0.1, 0.15) is 5.56 Å². The van der Waals surface area contributed by atoms with Gasteiger partial charge in [-0.1, -0.05) is 5.11 Å². The molecule has 2 heterocycles. The van der Waals surface area contributed by atoms with Crippen LogP contribution in [0, 0.1) is 5.82 Å². The van der Waals surface area contributed by atoms with Crippen molar-refractivity contribution >= 4 is 23.4 Å². The fourth-order valence-electron chi connectivity index (χ4n) is 2.37. The Balaban J connectivity index is 1.82. The number of alkyl halides is 1. The van der Waals surface area contributed by atoms with E-state index in [1.165, 1.54) is 21.7 Å². The molecule has 1 aliphatic heterocycles. The van der Waals surface area contributed by atoms with Gasteiger partial charge in [0.1, 0.15) is 11.8 Å². The van der Waals surface area contributed by atoms with Crippen molar-refractivity contribution in [3.8, 4) is 5.69 Å². The van der Waals surface area contributed by atoms with Crippen LogP contribution in [0.15, 0.2) is 35.7 Å². The summed E-state index contributed by atoms with van der Waals surface area (Å²) >= 11 is 5.71. The van der Waals surface area contributed by atoms with E-state index in [0.717, 1.165) is 5.56 Å². The van der Waals surface area contributed by atoms with Crippen molar-refractivity contribution < 1.29 is 13.9 Å². The lowest BCUT2D eigenvalue weighted by atomic mass is 10.2. The zero-order valence-corrected chi connectivity index (χ0v) is 13.1. The van der Waals surface area contributed by atoms with E-state index >= 15 is 0 Å². The molecule has 3 rings (SSSR count). The van der Waals surface area contributed by atoms with E-state index in [4.69, 9.17) is 21.9 Å². The lowest BCUT2D eigenvalue weighted by molar-refractivity contribution is 0.145. The van der Waals surface area contributed by atoms with Gasteiger partial charge in [-0.2, -0.15) is 5.10 Å². The highest BCUT2D eigenvalue weighted by Crippen LogP contribution is 2.25. The third-order valence-corrected chi connectivity index (χ3v) is 3.81. The molecule has 0 N–H and O–H groups in total. The van der Waals surface area contributed by atoms with Crippen LogP contribution in [0.3, 0.4) is 0 Å². The fourth-order valence-corrected chi connectivity index (χ4v) is 2.50. The van der Waals surface area contributed by atoms with E-state index in [0.29, 0.717) is 5.69 Å². The molecule has 1 amide bonds. The number of nitrogens with zero attached hydrogens (tertiary/aromatic N) is 6. The number of benzene rings is 1. The summed E-state index contributed by atoms with van der Waals surface area (Å²) in [4.78, 5) is 15.8. The third-order valence-electron chi connectivity index (χ3n) is 3.50. The molecule has 24 heavy (non-hydrogen) atoms. The minimum Gasteiger partial charge on any atom is -0.444 e. The molecule has 0 unspecified atom stereocenters. The predicted octanol–water partition coefficient (Wildman–Crippen LogP) is 3.39. The van der Waals surface area contributed by atoms with Crippen LogP contribution >= 0.6 is 11.6 Å². The van der Waals surface area contributed by atoms with Gasteiger partial charge in [-0.05, 0) is 23.7 Å². The summed E-state index contributed by atoms with van der Waals surface area (Å²) in [6, 6.07) is 4.34. The molecule has 0 saturated carbocycles. The van der Waals surface area contributed by atoms with Crippen molar-refractivity contribution in [2.24, 2.45) is 5.11 Å². The first-order chi connectivity index (χ1) is 11.6. The maximum absolute atomic E-state index is 14.4. The summed E-state index contributed by atoms with van der Waals surface area (Å²) in [7, 11) is 0. The van der Waals surface area contributed by atoms with Crippen LogP contribution in [-0.4, -0.2) is 35.1 Å². The Hall–Kier alpha value is -2.77. The second-order valence-corrected chi connectivity index (χ2v) is 5.36. The molecule has 1 saturated heterocycles. The molecular formula is C14H12ClFN6O2. The monoisotopic (exact) mass is 350 g/mol. The third kappa shape index (κ3) is 3.12. The van der Waals surface area contributed by atoms with Gasteiger partial charge in [-0.3, -0.25) is 4.90 Å². The average Bonchev–Trinajstić information content (AvgIpc) is 3.19. The van der Waals surface area contributed by atoms with Crippen LogP contribution in [0.2, 0.25) is 0 Å². The van der Waals surface area contributed by atoms with Crippen LogP contribution < -0.4 is 4.90 Å². The first-order valence-corrected chi connectivity index (χ1v) is 7.54. The quantitative estimate of drug-likeness (QED) is 0.358. The molecule has 2 aromatic rings. The maximum atomic E-state index is 14.4. The Morgan fingerprint density at radius 2 is 2.38 bits per heavy atom. The second-order valence-electron chi connectivity index (χ2n) is 5.09. The van der Waals surface area contributed by atoms with Crippen LogP contribution in [0.5, 0.6) is 0 Å². The number of amides is 1. The van der Waals surface area contributed by atoms with Gasteiger partial charge < -0.3 is 4.74 Å². The van der Waals surface area contributed by atoms with E-state index in [2.05, 4.69) is 15.1 Å². The van der Waals surface area contributed by atoms with Gasteiger partial charge in [-0.15, -0.1) is 11.6 Å². The van der Waals surface area contributed by atoms with Gasteiger partial charge in [0.2, 0.25) is 0 Å². The Bertz CT molecular complexity index is 819. The molecule has 124 valence electrons. The van der Waals surface area contributed by atoms with Crippen molar-refractivity contribution in [2.45, 2.75) is 12.0 Å². The number of hydrogen-bond donors (Lipinski definition) is 0. The highest BCUT2D eigenvalue weighted by molar-refractivity contribution is 6.17. The summed E-state index contributed by atoms with van der Waals surface area (Å²) in [6.07, 6.45) is 2.03. The smallest absolute Gasteiger partial charge is 0.414 e. The number of ether oxygens (including phenoxy) is 1. The first kappa shape index (κ1) is 16.1. The van der Waals surface area contributed by atoms with Crippen molar-refractivity contribution in [1.29, 1.82) is 0 Å². The Labute approximate surface area is 141 Å². The number of rotatable bonds is 5. The van der Waals surface area contributed by atoms with Gasteiger partial charge in [0, 0.05) is 16.7 Å². The molecule has 1 aromatic carbocycles. The van der Waals surface area contributed by atoms with Crippen LogP contribution in [-0.2, 0) is 10.6 Å². The molecule has 10 heteroatoms. The summed E-state index contributed by atoms with van der Waals surface area (Å²) in [6.45, 7) is 0.225. The van der Waals surface area contributed by atoms with Gasteiger partial charge >= 0.3 is 6.09 Å². The standard InChI is InChI=1S/C14H12ClFN6O2/c15-4-9-5-19-22(7-9)13-2-1-10(3-12(13)16)21-8-11(6-18-20-17)24-14(21)23/h1-3,5,7,11H,4,6,8H2/t11-/m0/s1. The SMILES string of the molecule is [N-]=[N+]=NC[C@H]1CN(c2ccc(-n3cc(CCl)cn3)c(F)c2)C(=O)O1. The zero-order valence-electron chi connectivity index (χ0n) is 12.3. The summed E-state index contributed by atoms with van der Waals surface area (Å²) in [5.41, 5.74) is 9.68. The second kappa shape index (κ2) is 6.77. The number of carbonyl (C=O) groups excluding carboxylic acids is 1. The molecule has 1 fully saturated rings. The number of aromatic nitrogens is 2. The van der Waals surface area contributed by atoms with E-state index in [1.54, 1.807) is 18.5 Å². The van der Waals surface area contributed by atoms with Gasteiger partial charge in [0.25, 0.3) is 0 Å². The molecule has 0 radical (unpaired) electrons. The summed E-state index contributed by atoms with van der Waals surface area (Å²) < 4.78 is 20.8. The van der Waals surface area contributed by atoms with Gasteiger partial charge in [-0.25, -0.2) is 13.9 Å². The lowest BCUT2D eigenvalue weighted by Crippen LogP contribution is -2.25. The number of carbonyl (C=O) groups is 1. The van der Waals surface area contributed by atoms with Crippen LogP contribution in [0.4, 0.5) is 14.9 Å². The summed E-state index contributed by atoms with van der Waals surface area (Å²) in [5.74, 6) is -0.255. The number of hydrogen-bond acceptors (Lipinski definition) is 4. The molecule has 1 atom stereocenters.